The van der Waals surface area contributed by atoms with E-state index in [0.29, 0.717) is 16.5 Å². The number of thioether (sulfide) groups is 1. The molecule has 184 valence electrons. The molecule has 0 saturated heterocycles. The van der Waals surface area contributed by atoms with Crippen molar-refractivity contribution in [2.24, 2.45) is 11.8 Å². The highest BCUT2D eigenvalue weighted by Crippen LogP contribution is 2.40. The topological polar surface area (TPSA) is 83.6 Å². The van der Waals surface area contributed by atoms with Crippen molar-refractivity contribution < 1.29 is 4.79 Å². The first kappa shape index (κ1) is 24.5. The van der Waals surface area contributed by atoms with Crippen LogP contribution in [0.15, 0.2) is 10.5 Å². The van der Waals surface area contributed by atoms with Gasteiger partial charge in [-0.25, -0.2) is 0 Å². The summed E-state index contributed by atoms with van der Waals surface area (Å²) in [5, 5.41) is 25.5. The maximum Gasteiger partial charge on any atom is 0.235 e. The Balaban J connectivity index is 1.31. The van der Waals surface area contributed by atoms with Crippen LogP contribution in [0.1, 0.15) is 66.5 Å². The van der Waals surface area contributed by atoms with E-state index in [1.54, 1.807) is 11.3 Å². The van der Waals surface area contributed by atoms with Crippen LogP contribution in [0.2, 0.25) is 0 Å². The van der Waals surface area contributed by atoms with E-state index in [-0.39, 0.29) is 11.7 Å². The van der Waals surface area contributed by atoms with Crippen molar-refractivity contribution in [3.63, 3.8) is 0 Å². The van der Waals surface area contributed by atoms with Crippen molar-refractivity contribution >= 4 is 45.3 Å². The number of amides is 1. The SMILES string of the molecule is CCCn1c(SCC(=O)Nc2sc3c(c2C#N)CCC(C)C3)nnc1-c1csc2c1CCC(C)C2. The second kappa shape index (κ2) is 10.5. The van der Waals surface area contributed by atoms with Gasteiger partial charge in [0.15, 0.2) is 11.0 Å². The zero-order chi connectivity index (χ0) is 24.5. The minimum Gasteiger partial charge on any atom is -0.316 e. The largest absolute Gasteiger partial charge is 0.316 e. The molecule has 3 heterocycles. The fourth-order valence-electron chi connectivity index (χ4n) is 5.13. The number of hydrogen-bond donors (Lipinski definition) is 1. The van der Waals surface area contributed by atoms with E-state index in [0.717, 1.165) is 67.5 Å². The number of anilines is 1. The van der Waals surface area contributed by atoms with E-state index < -0.39 is 0 Å². The monoisotopic (exact) mass is 525 g/mol. The molecule has 1 N–H and O–H groups in total. The van der Waals surface area contributed by atoms with E-state index in [4.69, 9.17) is 0 Å². The van der Waals surface area contributed by atoms with Gasteiger partial charge in [-0.1, -0.05) is 32.5 Å². The van der Waals surface area contributed by atoms with Gasteiger partial charge in [0.05, 0.1) is 11.3 Å². The van der Waals surface area contributed by atoms with Crippen LogP contribution in [-0.4, -0.2) is 26.4 Å². The molecule has 3 aromatic rings. The van der Waals surface area contributed by atoms with E-state index in [9.17, 15) is 10.1 Å². The van der Waals surface area contributed by atoms with Gasteiger partial charge in [-0.3, -0.25) is 4.79 Å². The van der Waals surface area contributed by atoms with Gasteiger partial charge in [-0.05, 0) is 67.9 Å². The summed E-state index contributed by atoms with van der Waals surface area (Å²) in [5.41, 5.74) is 4.45. The molecular formula is C26H31N5OS3. The fraction of sp³-hybridized carbons (Fsp3) is 0.538. The summed E-state index contributed by atoms with van der Waals surface area (Å²) in [6, 6.07) is 2.33. The van der Waals surface area contributed by atoms with Crippen molar-refractivity contribution in [3.8, 4) is 17.5 Å². The van der Waals surface area contributed by atoms with Gasteiger partial charge >= 0.3 is 0 Å². The summed E-state index contributed by atoms with van der Waals surface area (Å²) in [6.45, 7) is 7.55. The first-order chi connectivity index (χ1) is 17.0. The molecule has 9 heteroatoms. The second-order valence-corrected chi connectivity index (χ2v) is 12.9. The quantitative estimate of drug-likeness (QED) is 0.364. The first-order valence-corrected chi connectivity index (χ1v) is 15.2. The minimum absolute atomic E-state index is 0.104. The van der Waals surface area contributed by atoms with E-state index in [2.05, 4.69) is 52.3 Å². The van der Waals surface area contributed by atoms with Crippen molar-refractivity contribution in [1.29, 1.82) is 5.26 Å². The molecule has 35 heavy (non-hydrogen) atoms. The zero-order valence-electron chi connectivity index (χ0n) is 20.5. The molecule has 0 aliphatic heterocycles. The van der Waals surface area contributed by atoms with Crippen molar-refractivity contribution in [2.75, 3.05) is 11.1 Å². The number of hydrogen-bond acceptors (Lipinski definition) is 7. The number of fused-ring (bicyclic) bond motifs is 2. The number of carbonyl (C=O) groups is 1. The first-order valence-electron chi connectivity index (χ1n) is 12.5. The van der Waals surface area contributed by atoms with Gasteiger partial charge in [-0.2, -0.15) is 5.26 Å². The van der Waals surface area contributed by atoms with E-state index in [1.165, 1.54) is 39.1 Å². The Morgan fingerprint density at radius 3 is 2.69 bits per heavy atom. The Kier molecular flexibility index (Phi) is 7.33. The molecule has 5 rings (SSSR count). The predicted molar refractivity (Wildman–Crippen MR) is 144 cm³/mol. The van der Waals surface area contributed by atoms with Crippen molar-refractivity contribution in [1.82, 2.24) is 14.8 Å². The number of aromatic nitrogens is 3. The summed E-state index contributed by atoms with van der Waals surface area (Å²) in [5.74, 6) is 2.43. The highest BCUT2D eigenvalue weighted by molar-refractivity contribution is 7.99. The summed E-state index contributed by atoms with van der Waals surface area (Å²) in [7, 11) is 0. The number of carbonyl (C=O) groups excluding carboxylic acids is 1. The van der Waals surface area contributed by atoms with E-state index in [1.807, 2.05) is 11.3 Å². The van der Waals surface area contributed by atoms with Crippen LogP contribution >= 0.6 is 34.4 Å². The van der Waals surface area contributed by atoms with Crippen molar-refractivity contribution in [3.05, 3.63) is 31.8 Å². The van der Waals surface area contributed by atoms with Crippen LogP contribution < -0.4 is 5.32 Å². The molecule has 2 atom stereocenters. The lowest BCUT2D eigenvalue weighted by Crippen LogP contribution is -2.15. The highest BCUT2D eigenvalue weighted by Gasteiger charge is 2.26. The maximum atomic E-state index is 12.9. The average molecular weight is 526 g/mol. The second-order valence-electron chi connectivity index (χ2n) is 9.86. The average Bonchev–Trinajstić information content (AvgIpc) is 3.52. The molecule has 0 spiro atoms. The predicted octanol–water partition coefficient (Wildman–Crippen LogP) is 6.33. The molecule has 6 nitrogen and oxygen atoms in total. The Morgan fingerprint density at radius 1 is 1.20 bits per heavy atom. The zero-order valence-corrected chi connectivity index (χ0v) is 23.0. The van der Waals surface area contributed by atoms with Crippen LogP contribution in [0.25, 0.3) is 11.4 Å². The molecule has 0 fully saturated rings. The Hall–Kier alpha value is -2.15. The number of nitriles is 1. The third-order valence-corrected chi connectivity index (χ3v) is 10.2. The molecule has 2 aliphatic rings. The molecule has 0 aromatic carbocycles. The van der Waals surface area contributed by atoms with Crippen LogP contribution in [0.5, 0.6) is 0 Å². The van der Waals surface area contributed by atoms with Gasteiger partial charge in [0, 0.05) is 27.2 Å². The van der Waals surface area contributed by atoms with Gasteiger partial charge < -0.3 is 9.88 Å². The summed E-state index contributed by atoms with van der Waals surface area (Å²) in [6.07, 6.45) is 7.46. The van der Waals surface area contributed by atoms with Gasteiger partial charge in [0.1, 0.15) is 11.1 Å². The summed E-state index contributed by atoms with van der Waals surface area (Å²) >= 11 is 4.84. The Bertz CT molecular complexity index is 1280. The lowest BCUT2D eigenvalue weighted by Gasteiger charge is -2.19. The maximum absolute atomic E-state index is 12.9. The highest BCUT2D eigenvalue weighted by atomic mass is 32.2. The number of nitrogens with one attached hydrogen (secondary N) is 1. The molecule has 1 amide bonds. The summed E-state index contributed by atoms with van der Waals surface area (Å²) in [4.78, 5) is 15.6. The molecule has 2 aliphatic carbocycles. The smallest absolute Gasteiger partial charge is 0.235 e. The molecule has 0 bridgehead atoms. The molecule has 0 saturated carbocycles. The van der Waals surface area contributed by atoms with Crippen LogP contribution in [0.3, 0.4) is 0 Å². The molecule has 2 unspecified atom stereocenters. The minimum atomic E-state index is -0.104. The lowest BCUT2D eigenvalue weighted by atomic mass is 9.88. The van der Waals surface area contributed by atoms with E-state index >= 15 is 0 Å². The van der Waals surface area contributed by atoms with Crippen LogP contribution in [0.4, 0.5) is 5.00 Å². The standard InChI is InChI=1S/C26H31N5OS3/c1-4-9-31-24(20-13-33-21-10-15(2)6-8-18(20)21)29-30-26(31)34-14-23(32)28-25-19(12-27)17-7-5-16(3)11-22(17)35-25/h13,15-16H,4-11,14H2,1-3H3,(H,28,32). The van der Waals surface area contributed by atoms with Crippen LogP contribution in [-0.2, 0) is 37.0 Å². The lowest BCUT2D eigenvalue weighted by molar-refractivity contribution is -0.113. The normalized spacial score (nSPS) is 19.1. The molecule has 0 radical (unpaired) electrons. The molecular weight excluding hydrogens is 495 g/mol. The van der Waals surface area contributed by atoms with Gasteiger partial charge in [0.25, 0.3) is 0 Å². The van der Waals surface area contributed by atoms with Crippen molar-refractivity contribution in [2.45, 2.75) is 77.4 Å². The number of thiophene rings is 2. The molecule has 3 aromatic heterocycles. The van der Waals surface area contributed by atoms with Gasteiger partial charge in [0.2, 0.25) is 5.91 Å². The Labute approximate surface area is 219 Å². The van der Waals surface area contributed by atoms with Crippen LogP contribution in [0, 0.1) is 23.2 Å². The number of nitrogens with zero attached hydrogens (tertiary/aromatic N) is 4. The van der Waals surface area contributed by atoms with Gasteiger partial charge in [-0.15, -0.1) is 32.9 Å². The summed E-state index contributed by atoms with van der Waals surface area (Å²) < 4.78 is 2.17. The Morgan fingerprint density at radius 2 is 1.94 bits per heavy atom. The number of rotatable bonds is 7. The third-order valence-electron chi connectivity index (χ3n) is 7.02. The fourth-order valence-corrected chi connectivity index (χ4v) is 8.52. The third kappa shape index (κ3) is 4.93.